The van der Waals surface area contributed by atoms with Crippen LogP contribution in [0.25, 0.3) is 0 Å². The standard InChI is InChI=1S/C10H16N4O/c1-3-9-7(4-13(2)12-9)5-14-6-8(11)10(14)15/h4,8H,3,5-6,11H2,1-2H3. The van der Waals surface area contributed by atoms with Gasteiger partial charge in [-0.2, -0.15) is 5.10 Å². The lowest BCUT2D eigenvalue weighted by molar-refractivity contribution is -0.143. The number of amides is 1. The van der Waals surface area contributed by atoms with Crippen LogP contribution in [-0.4, -0.2) is 33.2 Å². The van der Waals surface area contributed by atoms with E-state index in [9.17, 15) is 4.79 Å². The lowest BCUT2D eigenvalue weighted by Gasteiger charge is -2.36. The van der Waals surface area contributed by atoms with Gasteiger partial charge in [0.1, 0.15) is 6.04 Å². The second-order valence-corrected chi connectivity index (χ2v) is 3.95. The fraction of sp³-hybridized carbons (Fsp3) is 0.600. The highest BCUT2D eigenvalue weighted by Gasteiger charge is 2.33. The lowest BCUT2D eigenvalue weighted by atomic mass is 10.1. The molecule has 0 aliphatic carbocycles. The first-order valence-corrected chi connectivity index (χ1v) is 5.17. The van der Waals surface area contributed by atoms with E-state index in [0.717, 1.165) is 17.7 Å². The topological polar surface area (TPSA) is 64.2 Å². The number of β-lactam (4-membered cyclic amide) rings is 1. The molecule has 1 atom stereocenters. The van der Waals surface area contributed by atoms with Crippen molar-refractivity contribution in [2.45, 2.75) is 25.9 Å². The van der Waals surface area contributed by atoms with Gasteiger partial charge in [0.15, 0.2) is 0 Å². The number of hydrogen-bond donors (Lipinski definition) is 1. The molecule has 1 fully saturated rings. The zero-order chi connectivity index (χ0) is 11.0. The average Bonchev–Trinajstić information content (AvgIpc) is 2.58. The Bertz CT molecular complexity index is 385. The van der Waals surface area contributed by atoms with Crippen molar-refractivity contribution in [3.05, 3.63) is 17.5 Å². The Morgan fingerprint density at radius 2 is 2.40 bits per heavy atom. The summed E-state index contributed by atoms with van der Waals surface area (Å²) in [5.74, 6) is 0.0425. The van der Waals surface area contributed by atoms with Crippen molar-refractivity contribution in [2.75, 3.05) is 6.54 Å². The van der Waals surface area contributed by atoms with E-state index >= 15 is 0 Å². The Labute approximate surface area is 88.8 Å². The zero-order valence-corrected chi connectivity index (χ0v) is 9.10. The van der Waals surface area contributed by atoms with Crippen LogP contribution in [0.5, 0.6) is 0 Å². The number of nitrogens with zero attached hydrogens (tertiary/aromatic N) is 3. The van der Waals surface area contributed by atoms with Gasteiger partial charge in [0, 0.05) is 31.9 Å². The SMILES string of the molecule is CCc1nn(C)cc1CN1CC(N)C1=O. The molecule has 82 valence electrons. The number of rotatable bonds is 3. The van der Waals surface area contributed by atoms with Gasteiger partial charge < -0.3 is 10.6 Å². The van der Waals surface area contributed by atoms with Gasteiger partial charge in [-0.15, -0.1) is 0 Å². The molecule has 0 aromatic carbocycles. The Morgan fingerprint density at radius 1 is 1.67 bits per heavy atom. The monoisotopic (exact) mass is 208 g/mol. The molecule has 0 saturated carbocycles. The van der Waals surface area contributed by atoms with Gasteiger partial charge in [0.25, 0.3) is 0 Å². The summed E-state index contributed by atoms with van der Waals surface area (Å²) in [6, 6.07) is -0.285. The fourth-order valence-electron chi connectivity index (χ4n) is 1.89. The molecule has 0 radical (unpaired) electrons. The molecule has 1 aliphatic rings. The molecule has 0 bridgehead atoms. The summed E-state index contributed by atoms with van der Waals surface area (Å²) in [6.07, 6.45) is 2.86. The third kappa shape index (κ3) is 1.74. The molecule has 1 aliphatic heterocycles. The first-order valence-electron chi connectivity index (χ1n) is 5.17. The number of hydrogen-bond acceptors (Lipinski definition) is 3. The van der Waals surface area contributed by atoms with Gasteiger partial charge in [0.05, 0.1) is 5.69 Å². The number of carbonyl (C=O) groups excluding carboxylic acids is 1. The fourth-order valence-corrected chi connectivity index (χ4v) is 1.89. The predicted octanol–water partition coefficient (Wildman–Crippen LogP) is -0.348. The van der Waals surface area contributed by atoms with Crippen LogP contribution in [0.15, 0.2) is 6.20 Å². The molecular weight excluding hydrogens is 192 g/mol. The molecule has 2 N–H and O–H groups in total. The summed E-state index contributed by atoms with van der Waals surface area (Å²) in [5.41, 5.74) is 7.72. The van der Waals surface area contributed by atoms with Crippen LogP contribution < -0.4 is 5.73 Å². The Morgan fingerprint density at radius 3 is 2.93 bits per heavy atom. The number of likely N-dealkylation sites (tertiary alicyclic amines) is 1. The van der Waals surface area contributed by atoms with Gasteiger partial charge in [-0.25, -0.2) is 0 Å². The van der Waals surface area contributed by atoms with E-state index in [-0.39, 0.29) is 11.9 Å². The van der Waals surface area contributed by atoms with Gasteiger partial charge >= 0.3 is 0 Å². The molecule has 15 heavy (non-hydrogen) atoms. The van der Waals surface area contributed by atoms with Gasteiger partial charge in [-0.05, 0) is 6.42 Å². The minimum absolute atomic E-state index is 0.0425. The Hall–Kier alpha value is -1.36. The van der Waals surface area contributed by atoms with Crippen molar-refractivity contribution in [1.82, 2.24) is 14.7 Å². The third-order valence-corrected chi connectivity index (χ3v) is 2.73. The van der Waals surface area contributed by atoms with Crippen LogP contribution in [0.2, 0.25) is 0 Å². The van der Waals surface area contributed by atoms with E-state index in [1.165, 1.54) is 0 Å². The minimum Gasteiger partial charge on any atom is -0.335 e. The van der Waals surface area contributed by atoms with Crippen molar-refractivity contribution in [3.8, 4) is 0 Å². The predicted molar refractivity (Wildman–Crippen MR) is 56.0 cm³/mol. The van der Waals surface area contributed by atoms with E-state index < -0.39 is 0 Å². The van der Waals surface area contributed by atoms with Crippen molar-refractivity contribution >= 4 is 5.91 Å². The summed E-state index contributed by atoms with van der Waals surface area (Å²) < 4.78 is 1.79. The van der Waals surface area contributed by atoms with E-state index in [1.54, 1.807) is 9.58 Å². The van der Waals surface area contributed by atoms with E-state index in [2.05, 4.69) is 12.0 Å². The molecule has 2 heterocycles. The molecule has 1 unspecified atom stereocenters. The molecule has 1 aromatic rings. The maximum Gasteiger partial charge on any atom is 0.241 e. The van der Waals surface area contributed by atoms with E-state index in [0.29, 0.717) is 13.1 Å². The number of aryl methyl sites for hydroxylation is 2. The van der Waals surface area contributed by atoms with Crippen LogP contribution in [0.4, 0.5) is 0 Å². The van der Waals surface area contributed by atoms with Gasteiger partial charge in [-0.1, -0.05) is 6.92 Å². The summed E-state index contributed by atoms with van der Waals surface area (Å²) >= 11 is 0. The Balaban J connectivity index is 2.07. The molecule has 1 saturated heterocycles. The largest absolute Gasteiger partial charge is 0.335 e. The second-order valence-electron chi connectivity index (χ2n) is 3.95. The van der Waals surface area contributed by atoms with Crippen molar-refractivity contribution in [1.29, 1.82) is 0 Å². The van der Waals surface area contributed by atoms with E-state index in [1.807, 2.05) is 13.2 Å². The molecule has 1 aromatic heterocycles. The number of nitrogens with two attached hydrogens (primary N) is 1. The summed E-state index contributed by atoms with van der Waals surface area (Å²) in [6.45, 7) is 3.37. The van der Waals surface area contributed by atoms with Gasteiger partial charge in [0.2, 0.25) is 5.91 Å². The smallest absolute Gasteiger partial charge is 0.241 e. The average molecular weight is 208 g/mol. The summed E-state index contributed by atoms with van der Waals surface area (Å²) in [5, 5.41) is 4.33. The quantitative estimate of drug-likeness (QED) is 0.691. The van der Waals surface area contributed by atoms with Crippen molar-refractivity contribution in [3.63, 3.8) is 0 Å². The van der Waals surface area contributed by atoms with Crippen LogP contribution in [-0.2, 0) is 24.8 Å². The highest BCUT2D eigenvalue weighted by Crippen LogP contribution is 2.16. The second kappa shape index (κ2) is 3.66. The summed E-state index contributed by atoms with van der Waals surface area (Å²) in [4.78, 5) is 13.1. The molecular formula is C10H16N4O. The van der Waals surface area contributed by atoms with Crippen LogP contribution in [0.1, 0.15) is 18.2 Å². The highest BCUT2D eigenvalue weighted by atomic mass is 16.2. The summed E-state index contributed by atoms with van der Waals surface area (Å²) in [7, 11) is 1.90. The third-order valence-electron chi connectivity index (χ3n) is 2.73. The van der Waals surface area contributed by atoms with Crippen molar-refractivity contribution in [2.24, 2.45) is 12.8 Å². The Kier molecular flexibility index (Phi) is 2.48. The number of carbonyl (C=O) groups is 1. The maximum atomic E-state index is 11.3. The maximum absolute atomic E-state index is 11.3. The first kappa shape index (κ1) is 10.2. The zero-order valence-electron chi connectivity index (χ0n) is 9.10. The minimum atomic E-state index is -0.285. The molecule has 5 heteroatoms. The van der Waals surface area contributed by atoms with Crippen LogP contribution in [0.3, 0.4) is 0 Å². The highest BCUT2D eigenvalue weighted by molar-refractivity contribution is 5.87. The normalized spacial score (nSPS) is 20.6. The van der Waals surface area contributed by atoms with Crippen molar-refractivity contribution < 1.29 is 4.79 Å². The lowest BCUT2D eigenvalue weighted by Crippen LogP contribution is -2.60. The first-order chi connectivity index (χ1) is 7.11. The molecule has 2 rings (SSSR count). The van der Waals surface area contributed by atoms with Crippen LogP contribution >= 0.6 is 0 Å². The molecule has 5 nitrogen and oxygen atoms in total. The number of aromatic nitrogens is 2. The van der Waals surface area contributed by atoms with Gasteiger partial charge in [-0.3, -0.25) is 9.48 Å². The van der Waals surface area contributed by atoms with E-state index in [4.69, 9.17) is 5.73 Å². The van der Waals surface area contributed by atoms with Crippen LogP contribution in [0, 0.1) is 0 Å². The molecule has 1 amide bonds. The molecule has 0 spiro atoms.